The Hall–Kier alpha value is -2.10. The molecule has 19 heavy (non-hydrogen) atoms. The fourth-order valence-electron chi connectivity index (χ4n) is 1.99. The van der Waals surface area contributed by atoms with Gasteiger partial charge in [-0.25, -0.2) is 4.98 Å². The third kappa shape index (κ3) is 3.68. The summed E-state index contributed by atoms with van der Waals surface area (Å²) < 4.78 is 5.41. The molecule has 0 unspecified atom stereocenters. The predicted molar refractivity (Wildman–Crippen MR) is 72.7 cm³/mol. The van der Waals surface area contributed by atoms with E-state index in [2.05, 4.69) is 10.3 Å². The van der Waals surface area contributed by atoms with Crippen LogP contribution in [0.4, 0.5) is 0 Å². The molecule has 0 aliphatic carbocycles. The summed E-state index contributed by atoms with van der Waals surface area (Å²) in [6.07, 6.45) is 0.383. The molecule has 1 aromatic carbocycles. The highest BCUT2D eigenvalue weighted by Crippen LogP contribution is 2.09. The minimum absolute atomic E-state index is 0.0148. The van der Waals surface area contributed by atoms with Crippen LogP contribution in [-0.2, 0) is 17.8 Å². The minimum atomic E-state index is -0.0148. The molecule has 0 spiro atoms. The molecule has 4 nitrogen and oxygen atoms in total. The summed E-state index contributed by atoms with van der Waals surface area (Å²) in [5.74, 6) is 1.33. The maximum Gasteiger partial charge on any atom is 0.224 e. The molecule has 1 amide bonds. The van der Waals surface area contributed by atoms with Gasteiger partial charge in [-0.05, 0) is 19.4 Å². The van der Waals surface area contributed by atoms with E-state index in [1.54, 1.807) is 6.92 Å². The quantitative estimate of drug-likeness (QED) is 0.916. The van der Waals surface area contributed by atoms with Gasteiger partial charge in [0.2, 0.25) is 5.91 Å². The molecule has 2 rings (SSSR count). The molecule has 0 atom stereocenters. The lowest BCUT2D eigenvalue weighted by molar-refractivity contribution is -0.120. The molecule has 100 valence electrons. The first-order valence-electron chi connectivity index (χ1n) is 6.30. The van der Waals surface area contributed by atoms with Crippen molar-refractivity contribution in [3.63, 3.8) is 0 Å². The van der Waals surface area contributed by atoms with Crippen LogP contribution in [-0.4, -0.2) is 10.9 Å². The van der Waals surface area contributed by atoms with E-state index < -0.39 is 0 Å². The van der Waals surface area contributed by atoms with Crippen LogP contribution in [0.3, 0.4) is 0 Å². The van der Waals surface area contributed by atoms with Gasteiger partial charge in [-0.15, -0.1) is 0 Å². The number of nitrogens with one attached hydrogen (secondary N) is 1. The zero-order valence-corrected chi connectivity index (χ0v) is 11.5. The number of benzene rings is 1. The SMILES string of the molecule is Cc1cccc(CC(=O)NCc2oc(C)nc2C)c1. The maximum absolute atomic E-state index is 11.8. The van der Waals surface area contributed by atoms with Crippen molar-refractivity contribution in [2.75, 3.05) is 0 Å². The third-order valence-corrected chi connectivity index (χ3v) is 2.89. The summed E-state index contributed by atoms with van der Waals surface area (Å²) in [6.45, 7) is 6.07. The van der Waals surface area contributed by atoms with E-state index in [4.69, 9.17) is 4.42 Å². The zero-order valence-electron chi connectivity index (χ0n) is 11.5. The monoisotopic (exact) mass is 258 g/mol. The molecule has 1 N–H and O–H groups in total. The van der Waals surface area contributed by atoms with Crippen LogP contribution >= 0.6 is 0 Å². The van der Waals surface area contributed by atoms with Gasteiger partial charge in [0.15, 0.2) is 5.89 Å². The van der Waals surface area contributed by atoms with E-state index in [1.807, 2.05) is 38.1 Å². The van der Waals surface area contributed by atoms with Crippen LogP contribution in [0.5, 0.6) is 0 Å². The first-order valence-corrected chi connectivity index (χ1v) is 6.30. The van der Waals surface area contributed by atoms with E-state index in [-0.39, 0.29) is 5.91 Å². The van der Waals surface area contributed by atoms with E-state index >= 15 is 0 Å². The van der Waals surface area contributed by atoms with Gasteiger partial charge in [-0.2, -0.15) is 0 Å². The molecule has 0 saturated heterocycles. The predicted octanol–water partition coefficient (Wildman–Crippen LogP) is 2.46. The molecule has 0 fully saturated rings. The highest BCUT2D eigenvalue weighted by Gasteiger charge is 2.09. The number of aromatic nitrogens is 1. The molecule has 1 heterocycles. The van der Waals surface area contributed by atoms with Crippen molar-refractivity contribution in [3.8, 4) is 0 Å². The lowest BCUT2D eigenvalue weighted by Gasteiger charge is -2.04. The molecule has 4 heteroatoms. The van der Waals surface area contributed by atoms with Gasteiger partial charge in [-0.1, -0.05) is 29.8 Å². The molecular formula is C15H18N2O2. The van der Waals surface area contributed by atoms with E-state index in [0.29, 0.717) is 18.9 Å². The summed E-state index contributed by atoms with van der Waals surface area (Å²) in [4.78, 5) is 16.0. The topological polar surface area (TPSA) is 55.1 Å². The number of aryl methyl sites for hydroxylation is 3. The number of oxazole rings is 1. The van der Waals surface area contributed by atoms with Crippen molar-refractivity contribution in [1.82, 2.24) is 10.3 Å². The van der Waals surface area contributed by atoms with Crippen molar-refractivity contribution in [3.05, 3.63) is 52.7 Å². The van der Waals surface area contributed by atoms with Gasteiger partial charge in [0.25, 0.3) is 0 Å². The van der Waals surface area contributed by atoms with E-state index in [9.17, 15) is 4.79 Å². The Kier molecular flexibility index (Phi) is 4.00. The molecule has 0 bridgehead atoms. The van der Waals surface area contributed by atoms with Crippen LogP contribution in [0.25, 0.3) is 0 Å². The van der Waals surface area contributed by atoms with Crippen LogP contribution in [0, 0.1) is 20.8 Å². The minimum Gasteiger partial charge on any atom is -0.444 e. The van der Waals surface area contributed by atoms with E-state index in [1.165, 1.54) is 0 Å². The van der Waals surface area contributed by atoms with Gasteiger partial charge < -0.3 is 9.73 Å². The summed E-state index contributed by atoms with van der Waals surface area (Å²) >= 11 is 0. The van der Waals surface area contributed by atoms with Gasteiger partial charge in [-0.3, -0.25) is 4.79 Å². The second-order valence-electron chi connectivity index (χ2n) is 4.68. The fraction of sp³-hybridized carbons (Fsp3) is 0.333. The molecule has 2 aromatic rings. The first kappa shape index (κ1) is 13.3. The highest BCUT2D eigenvalue weighted by molar-refractivity contribution is 5.78. The Balaban J connectivity index is 1.90. The summed E-state index contributed by atoms with van der Waals surface area (Å²) in [6, 6.07) is 7.95. The maximum atomic E-state index is 11.8. The lowest BCUT2D eigenvalue weighted by Crippen LogP contribution is -2.24. The van der Waals surface area contributed by atoms with E-state index in [0.717, 1.165) is 22.6 Å². The summed E-state index contributed by atoms with van der Waals surface area (Å²) in [5.41, 5.74) is 3.00. The Morgan fingerprint density at radius 3 is 2.74 bits per heavy atom. The number of hydrogen-bond acceptors (Lipinski definition) is 3. The van der Waals surface area contributed by atoms with Crippen molar-refractivity contribution in [1.29, 1.82) is 0 Å². The number of carbonyl (C=O) groups is 1. The van der Waals surface area contributed by atoms with Gasteiger partial charge in [0.1, 0.15) is 5.76 Å². The average molecular weight is 258 g/mol. The zero-order chi connectivity index (χ0) is 13.8. The van der Waals surface area contributed by atoms with Crippen LogP contribution in [0.15, 0.2) is 28.7 Å². The van der Waals surface area contributed by atoms with Crippen LogP contribution in [0.1, 0.15) is 28.5 Å². The van der Waals surface area contributed by atoms with Crippen LogP contribution < -0.4 is 5.32 Å². The lowest BCUT2D eigenvalue weighted by atomic mass is 10.1. The number of amides is 1. The smallest absolute Gasteiger partial charge is 0.224 e. The molecule has 0 radical (unpaired) electrons. The summed E-state index contributed by atoms with van der Waals surface area (Å²) in [7, 11) is 0. The van der Waals surface area contributed by atoms with Crippen molar-refractivity contribution in [2.45, 2.75) is 33.7 Å². The Labute approximate surface area is 112 Å². The van der Waals surface area contributed by atoms with Crippen molar-refractivity contribution < 1.29 is 9.21 Å². The number of rotatable bonds is 4. The van der Waals surface area contributed by atoms with Crippen molar-refractivity contribution in [2.24, 2.45) is 0 Å². The van der Waals surface area contributed by atoms with Crippen LogP contribution in [0.2, 0.25) is 0 Å². The third-order valence-electron chi connectivity index (χ3n) is 2.89. The molecule has 0 aliphatic heterocycles. The number of hydrogen-bond donors (Lipinski definition) is 1. The average Bonchev–Trinajstić information content (AvgIpc) is 2.65. The number of nitrogens with zero attached hydrogens (tertiary/aromatic N) is 1. The molecular weight excluding hydrogens is 240 g/mol. The summed E-state index contributed by atoms with van der Waals surface area (Å²) in [5, 5.41) is 2.85. The molecule has 1 aromatic heterocycles. The Bertz CT molecular complexity index is 588. The molecule has 0 saturated carbocycles. The van der Waals surface area contributed by atoms with Gasteiger partial charge >= 0.3 is 0 Å². The van der Waals surface area contributed by atoms with Gasteiger partial charge in [0.05, 0.1) is 18.7 Å². The van der Waals surface area contributed by atoms with Crippen molar-refractivity contribution >= 4 is 5.91 Å². The normalized spacial score (nSPS) is 10.5. The second-order valence-corrected chi connectivity index (χ2v) is 4.68. The highest BCUT2D eigenvalue weighted by atomic mass is 16.4. The largest absolute Gasteiger partial charge is 0.444 e. The first-order chi connectivity index (χ1) is 9.04. The Morgan fingerprint density at radius 2 is 2.11 bits per heavy atom. The standard InChI is InChI=1S/C15H18N2O2/c1-10-5-4-6-13(7-10)8-15(18)16-9-14-11(2)17-12(3)19-14/h4-7H,8-9H2,1-3H3,(H,16,18). The van der Waals surface area contributed by atoms with Gasteiger partial charge in [0, 0.05) is 6.92 Å². The fourth-order valence-corrected chi connectivity index (χ4v) is 1.99. The molecule has 0 aliphatic rings. The second kappa shape index (κ2) is 5.69. The number of carbonyl (C=O) groups excluding carboxylic acids is 1. The Morgan fingerprint density at radius 1 is 1.32 bits per heavy atom.